The van der Waals surface area contributed by atoms with Crippen LogP contribution in [0.3, 0.4) is 0 Å². The van der Waals surface area contributed by atoms with Crippen LogP contribution in [0.1, 0.15) is 36.5 Å². The van der Waals surface area contributed by atoms with E-state index in [9.17, 15) is 4.79 Å². The lowest BCUT2D eigenvalue weighted by molar-refractivity contribution is 0.0914. The summed E-state index contributed by atoms with van der Waals surface area (Å²) in [4.78, 5) is 12.6. The molecule has 0 aliphatic heterocycles. The smallest absolute Gasteiger partial charge is 0.173 e. The van der Waals surface area contributed by atoms with Gasteiger partial charge < -0.3 is 9.47 Å². The van der Waals surface area contributed by atoms with E-state index in [0.717, 1.165) is 19.3 Å². The molecule has 0 spiro atoms. The van der Waals surface area contributed by atoms with Crippen molar-refractivity contribution in [2.45, 2.75) is 26.2 Å². The van der Waals surface area contributed by atoms with Crippen molar-refractivity contribution in [2.75, 3.05) is 14.2 Å². The number of benzene rings is 1. The molecule has 2 rings (SSSR count). The highest BCUT2D eigenvalue weighted by Gasteiger charge is 2.31. The minimum absolute atomic E-state index is 0.116. The summed E-state index contributed by atoms with van der Waals surface area (Å²) >= 11 is 0. The van der Waals surface area contributed by atoms with Crippen molar-refractivity contribution in [3.05, 3.63) is 23.8 Å². The van der Waals surface area contributed by atoms with Crippen LogP contribution in [0.15, 0.2) is 18.2 Å². The minimum atomic E-state index is 0.116. The summed E-state index contributed by atoms with van der Waals surface area (Å²) in [6, 6.07) is 5.47. The molecule has 98 valence electrons. The van der Waals surface area contributed by atoms with Crippen molar-refractivity contribution in [3.8, 4) is 11.5 Å². The van der Waals surface area contributed by atoms with Crippen molar-refractivity contribution in [3.63, 3.8) is 0 Å². The van der Waals surface area contributed by atoms with Crippen LogP contribution < -0.4 is 9.47 Å². The van der Waals surface area contributed by atoms with Crippen molar-refractivity contribution >= 4 is 5.78 Å². The third-order valence-corrected chi connectivity index (χ3v) is 3.74. The molecule has 0 heterocycles. The number of rotatable bonds is 4. The van der Waals surface area contributed by atoms with Gasteiger partial charge in [0, 0.05) is 5.92 Å². The molecule has 1 aliphatic carbocycles. The summed E-state index contributed by atoms with van der Waals surface area (Å²) < 4.78 is 10.6. The maximum Gasteiger partial charge on any atom is 0.173 e. The molecule has 1 aromatic carbocycles. The molecule has 1 fully saturated rings. The molecule has 2 unspecified atom stereocenters. The fourth-order valence-electron chi connectivity index (χ4n) is 2.74. The van der Waals surface area contributed by atoms with Gasteiger partial charge in [-0.3, -0.25) is 4.79 Å². The number of ether oxygens (including phenoxy) is 2. The Morgan fingerprint density at radius 1 is 1.17 bits per heavy atom. The first-order chi connectivity index (χ1) is 8.67. The summed E-state index contributed by atoms with van der Waals surface area (Å²) in [5.41, 5.74) is 0.599. The lowest BCUT2D eigenvalue weighted by Gasteiger charge is -2.15. The van der Waals surface area contributed by atoms with Crippen molar-refractivity contribution in [2.24, 2.45) is 11.8 Å². The summed E-state index contributed by atoms with van der Waals surface area (Å²) in [5.74, 6) is 2.14. The minimum Gasteiger partial charge on any atom is -0.496 e. The molecule has 3 heteroatoms. The van der Waals surface area contributed by atoms with E-state index in [-0.39, 0.29) is 11.7 Å². The predicted molar refractivity (Wildman–Crippen MR) is 70.4 cm³/mol. The monoisotopic (exact) mass is 248 g/mol. The van der Waals surface area contributed by atoms with Gasteiger partial charge in [-0.2, -0.15) is 0 Å². The van der Waals surface area contributed by atoms with Crippen LogP contribution in [0.5, 0.6) is 11.5 Å². The Labute approximate surface area is 108 Å². The highest BCUT2D eigenvalue weighted by atomic mass is 16.5. The van der Waals surface area contributed by atoms with Gasteiger partial charge in [-0.1, -0.05) is 13.0 Å². The zero-order valence-corrected chi connectivity index (χ0v) is 11.2. The molecule has 1 saturated carbocycles. The third kappa shape index (κ3) is 2.35. The van der Waals surface area contributed by atoms with Gasteiger partial charge in [0.1, 0.15) is 17.1 Å². The Morgan fingerprint density at radius 3 is 2.22 bits per heavy atom. The van der Waals surface area contributed by atoms with E-state index in [0.29, 0.717) is 23.0 Å². The number of methoxy groups -OCH3 is 2. The fraction of sp³-hybridized carbons (Fsp3) is 0.533. The molecule has 1 aliphatic rings. The summed E-state index contributed by atoms with van der Waals surface area (Å²) in [7, 11) is 3.17. The molecular weight excluding hydrogens is 228 g/mol. The Bertz CT molecular complexity index is 417. The van der Waals surface area contributed by atoms with Gasteiger partial charge in [-0.05, 0) is 37.3 Å². The molecule has 0 radical (unpaired) electrons. The van der Waals surface area contributed by atoms with E-state index in [1.54, 1.807) is 14.2 Å². The maximum atomic E-state index is 12.6. The largest absolute Gasteiger partial charge is 0.496 e. The van der Waals surface area contributed by atoms with Gasteiger partial charge in [0.25, 0.3) is 0 Å². The highest BCUT2D eigenvalue weighted by molar-refractivity contribution is 6.03. The quantitative estimate of drug-likeness (QED) is 0.767. The Hall–Kier alpha value is -1.51. The second-order valence-corrected chi connectivity index (χ2v) is 5.02. The zero-order chi connectivity index (χ0) is 13.1. The van der Waals surface area contributed by atoms with Gasteiger partial charge in [0.05, 0.1) is 14.2 Å². The molecule has 0 bridgehead atoms. The number of Topliss-reactive ketones (excluding diaryl/α,β-unsaturated/α-hetero) is 1. The first-order valence-electron chi connectivity index (χ1n) is 6.42. The molecule has 3 nitrogen and oxygen atoms in total. The SMILES string of the molecule is COc1cccc(OC)c1C(=O)C1CCC(C)C1. The number of carbonyl (C=O) groups is 1. The van der Waals surface area contributed by atoms with E-state index in [2.05, 4.69) is 6.92 Å². The average Bonchev–Trinajstić information content (AvgIpc) is 2.83. The first kappa shape index (κ1) is 12.9. The van der Waals surface area contributed by atoms with Gasteiger partial charge in [0.2, 0.25) is 0 Å². The lowest BCUT2D eigenvalue weighted by Crippen LogP contribution is -2.14. The number of carbonyl (C=O) groups excluding carboxylic acids is 1. The standard InChI is InChI=1S/C15H20O3/c1-10-7-8-11(9-10)15(16)14-12(17-2)5-4-6-13(14)18-3/h4-6,10-11H,7-9H2,1-3H3. The number of hydrogen-bond donors (Lipinski definition) is 0. The molecular formula is C15H20O3. The Morgan fingerprint density at radius 2 is 1.78 bits per heavy atom. The second kappa shape index (κ2) is 5.42. The molecule has 0 aromatic heterocycles. The van der Waals surface area contributed by atoms with E-state index in [4.69, 9.17) is 9.47 Å². The summed E-state index contributed by atoms with van der Waals surface area (Å²) in [5, 5.41) is 0. The van der Waals surface area contributed by atoms with E-state index in [1.165, 1.54) is 0 Å². The van der Waals surface area contributed by atoms with Gasteiger partial charge in [-0.15, -0.1) is 0 Å². The van der Waals surface area contributed by atoms with Crippen LogP contribution >= 0.6 is 0 Å². The fourth-order valence-corrected chi connectivity index (χ4v) is 2.74. The van der Waals surface area contributed by atoms with Crippen LogP contribution in [0.25, 0.3) is 0 Å². The third-order valence-electron chi connectivity index (χ3n) is 3.74. The highest BCUT2D eigenvalue weighted by Crippen LogP contribution is 2.37. The molecule has 2 atom stereocenters. The van der Waals surface area contributed by atoms with E-state index < -0.39 is 0 Å². The number of ketones is 1. The zero-order valence-electron chi connectivity index (χ0n) is 11.2. The summed E-state index contributed by atoms with van der Waals surface area (Å²) in [6.45, 7) is 2.20. The molecule has 18 heavy (non-hydrogen) atoms. The Balaban J connectivity index is 2.34. The number of hydrogen-bond acceptors (Lipinski definition) is 3. The van der Waals surface area contributed by atoms with Gasteiger partial charge in [0.15, 0.2) is 5.78 Å². The normalized spacial score (nSPS) is 22.8. The van der Waals surface area contributed by atoms with Crippen LogP contribution in [0.2, 0.25) is 0 Å². The predicted octanol–water partition coefficient (Wildman–Crippen LogP) is 3.32. The van der Waals surface area contributed by atoms with Crippen LogP contribution in [0, 0.1) is 11.8 Å². The average molecular weight is 248 g/mol. The summed E-state index contributed by atoms with van der Waals surface area (Å²) in [6.07, 6.45) is 3.08. The Kier molecular flexibility index (Phi) is 3.90. The van der Waals surface area contributed by atoms with Crippen molar-refractivity contribution in [1.29, 1.82) is 0 Å². The van der Waals surface area contributed by atoms with Crippen LogP contribution in [0.4, 0.5) is 0 Å². The second-order valence-electron chi connectivity index (χ2n) is 5.02. The maximum absolute atomic E-state index is 12.6. The molecule has 0 amide bonds. The van der Waals surface area contributed by atoms with E-state index in [1.807, 2.05) is 18.2 Å². The van der Waals surface area contributed by atoms with Crippen molar-refractivity contribution < 1.29 is 14.3 Å². The first-order valence-corrected chi connectivity index (χ1v) is 6.42. The van der Waals surface area contributed by atoms with Crippen LogP contribution in [-0.2, 0) is 0 Å². The molecule has 0 saturated heterocycles. The molecule has 1 aromatic rings. The van der Waals surface area contributed by atoms with Crippen LogP contribution in [-0.4, -0.2) is 20.0 Å². The topological polar surface area (TPSA) is 35.5 Å². The van der Waals surface area contributed by atoms with E-state index >= 15 is 0 Å². The lowest BCUT2D eigenvalue weighted by atomic mass is 9.94. The van der Waals surface area contributed by atoms with Gasteiger partial charge >= 0.3 is 0 Å². The van der Waals surface area contributed by atoms with Gasteiger partial charge in [-0.25, -0.2) is 0 Å². The molecule has 0 N–H and O–H groups in total. The van der Waals surface area contributed by atoms with Crippen molar-refractivity contribution in [1.82, 2.24) is 0 Å².